The number of carbonyl (C=O) groups excluding carboxylic acids is 4. The van der Waals surface area contributed by atoms with E-state index in [0.717, 1.165) is 44.7 Å². The summed E-state index contributed by atoms with van der Waals surface area (Å²) in [4.78, 5) is 68.0. The molecule has 3 aromatic carbocycles. The molecule has 3 atom stereocenters. The number of hydrogen-bond donors (Lipinski definition) is 1. The first-order chi connectivity index (χ1) is 23.9. The number of esters is 1. The van der Waals surface area contributed by atoms with Crippen LogP contribution < -0.4 is 24.6 Å². The average Bonchev–Trinajstić information content (AvgIpc) is 3.53. The zero-order valence-corrected chi connectivity index (χ0v) is 28.2. The second-order valence-electron chi connectivity index (χ2n) is 11.2. The van der Waals surface area contributed by atoms with Crippen LogP contribution in [0.5, 0.6) is 11.5 Å². The first-order valence-corrected chi connectivity index (χ1v) is 16.8. The van der Waals surface area contributed by atoms with Gasteiger partial charge in [-0.1, -0.05) is 41.3 Å². The van der Waals surface area contributed by atoms with E-state index in [2.05, 4.69) is 5.32 Å². The van der Waals surface area contributed by atoms with E-state index in [0.29, 0.717) is 21.9 Å². The highest BCUT2D eigenvalue weighted by atomic mass is 32.2. The lowest BCUT2D eigenvalue weighted by Gasteiger charge is -2.31. The predicted molar refractivity (Wildman–Crippen MR) is 178 cm³/mol. The van der Waals surface area contributed by atoms with Gasteiger partial charge in [0, 0.05) is 10.8 Å². The fraction of sp³-hybridized carbons (Fsp3) is 0.265. The summed E-state index contributed by atoms with van der Waals surface area (Å²) in [6, 6.07) is 15.2. The molecule has 0 saturated carbocycles. The number of amides is 3. The Hall–Kier alpha value is -5.09. The summed E-state index contributed by atoms with van der Waals surface area (Å²) >= 11 is 1.72. The van der Waals surface area contributed by atoms with Gasteiger partial charge in [0.2, 0.25) is 17.7 Å². The topological polar surface area (TPSA) is 133 Å². The van der Waals surface area contributed by atoms with Crippen molar-refractivity contribution >= 4 is 58.2 Å². The minimum atomic E-state index is -4.74. The molecule has 16 heteroatoms. The van der Waals surface area contributed by atoms with Gasteiger partial charge >= 0.3 is 17.0 Å². The third-order valence-electron chi connectivity index (χ3n) is 8.26. The van der Waals surface area contributed by atoms with Crippen molar-refractivity contribution in [1.29, 1.82) is 0 Å². The molecule has 11 nitrogen and oxygen atoms in total. The number of anilines is 2. The molecule has 1 fully saturated rings. The van der Waals surface area contributed by atoms with Crippen molar-refractivity contribution in [2.45, 2.75) is 35.8 Å². The third-order valence-corrected chi connectivity index (χ3v) is 10.9. The maximum Gasteiger partial charge on any atom is 0.418 e. The van der Waals surface area contributed by atoms with Crippen LogP contribution in [0.25, 0.3) is 0 Å². The Labute approximate surface area is 290 Å². The Kier molecular flexibility index (Phi) is 9.50. The highest BCUT2D eigenvalue weighted by molar-refractivity contribution is 8.00. The second kappa shape index (κ2) is 13.7. The summed E-state index contributed by atoms with van der Waals surface area (Å²) in [6.45, 7) is 1.18. The van der Waals surface area contributed by atoms with Gasteiger partial charge in [0.25, 0.3) is 0 Å². The molecular formula is C34H28F3N3O8S2. The minimum Gasteiger partial charge on any atom is -0.493 e. The predicted octanol–water partition coefficient (Wildman–Crippen LogP) is 5.56. The Morgan fingerprint density at radius 1 is 0.920 bits per heavy atom. The number of methoxy groups -OCH3 is 2. The van der Waals surface area contributed by atoms with Gasteiger partial charge in [-0.2, -0.15) is 13.2 Å². The number of para-hydroxylation sites is 1. The zero-order chi connectivity index (χ0) is 35.9. The molecule has 0 aliphatic carbocycles. The van der Waals surface area contributed by atoms with E-state index in [1.807, 2.05) is 0 Å². The smallest absolute Gasteiger partial charge is 0.418 e. The monoisotopic (exact) mass is 727 g/mol. The Morgan fingerprint density at radius 2 is 1.62 bits per heavy atom. The van der Waals surface area contributed by atoms with Crippen LogP contribution in [0.4, 0.5) is 24.5 Å². The van der Waals surface area contributed by atoms with E-state index in [1.54, 1.807) is 25.1 Å². The quantitative estimate of drug-likeness (QED) is 0.174. The molecule has 4 aromatic rings. The summed E-state index contributed by atoms with van der Waals surface area (Å²) in [6.07, 6.45) is -4.74. The van der Waals surface area contributed by atoms with Crippen LogP contribution in [0.15, 0.2) is 76.6 Å². The first kappa shape index (κ1) is 34.8. The van der Waals surface area contributed by atoms with Crippen molar-refractivity contribution in [3.63, 3.8) is 0 Å². The number of halogens is 3. The van der Waals surface area contributed by atoms with E-state index in [-0.39, 0.29) is 22.9 Å². The number of aromatic nitrogens is 1. The number of alkyl halides is 3. The molecule has 1 aromatic heterocycles. The van der Waals surface area contributed by atoms with Gasteiger partial charge in [-0.25, -0.2) is 9.69 Å². The molecule has 2 aliphatic rings. The fourth-order valence-corrected chi connectivity index (χ4v) is 8.82. The summed E-state index contributed by atoms with van der Waals surface area (Å²) in [5.41, 5.74) is -0.551. The number of rotatable bonds is 9. The highest BCUT2D eigenvalue weighted by Crippen LogP contribution is 2.54. The van der Waals surface area contributed by atoms with Crippen LogP contribution in [0.1, 0.15) is 39.2 Å². The summed E-state index contributed by atoms with van der Waals surface area (Å²) in [7, 11) is 2.89. The molecule has 0 radical (unpaired) electrons. The number of thiazole rings is 1. The van der Waals surface area contributed by atoms with E-state index in [9.17, 15) is 37.1 Å². The van der Waals surface area contributed by atoms with Crippen molar-refractivity contribution in [1.82, 2.24) is 4.57 Å². The van der Waals surface area contributed by atoms with Crippen molar-refractivity contribution in [2.24, 2.45) is 5.92 Å². The first-order valence-electron chi connectivity index (χ1n) is 15.1. The molecule has 3 amide bonds. The van der Waals surface area contributed by atoms with E-state index >= 15 is 0 Å². The number of carbonyl (C=O) groups is 4. The molecule has 0 bridgehead atoms. The number of hydrogen-bond acceptors (Lipinski definition) is 10. The lowest BCUT2D eigenvalue weighted by Crippen LogP contribution is -2.33. The van der Waals surface area contributed by atoms with Gasteiger partial charge in [0.15, 0.2) is 11.5 Å². The number of ether oxygens (including phenoxy) is 3. The number of fused-ring (bicyclic) bond motifs is 2. The zero-order valence-electron chi connectivity index (χ0n) is 26.6. The maximum atomic E-state index is 14.2. The molecule has 3 heterocycles. The number of nitrogens with one attached hydrogen (secondary N) is 1. The Balaban J connectivity index is 1.40. The molecule has 50 heavy (non-hydrogen) atoms. The maximum absolute atomic E-state index is 14.2. The highest BCUT2D eigenvalue weighted by Gasteiger charge is 2.57. The number of thioether (sulfide) groups is 1. The normalized spacial score (nSPS) is 18.4. The van der Waals surface area contributed by atoms with Crippen LogP contribution in [0.3, 0.4) is 0 Å². The molecule has 2 aliphatic heterocycles. The van der Waals surface area contributed by atoms with Crippen LogP contribution in [0.2, 0.25) is 0 Å². The average molecular weight is 728 g/mol. The third kappa shape index (κ3) is 6.24. The molecule has 6 rings (SSSR count). The van der Waals surface area contributed by atoms with E-state index < -0.39 is 69.6 Å². The SMILES string of the molecule is CCOC(=O)c1ccc(N2C(=O)C3Sc4c(sc(=O)n4CC(=O)Nc4ccccc4C(F)(F)F)C(c4ccc(OC)c(OC)c4)C3C2=O)cc1. The summed E-state index contributed by atoms with van der Waals surface area (Å²) < 4.78 is 57.8. The molecule has 1 N–H and O–H groups in total. The van der Waals surface area contributed by atoms with Crippen molar-refractivity contribution in [2.75, 3.05) is 31.0 Å². The summed E-state index contributed by atoms with van der Waals surface area (Å²) in [5, 5.41) is 1.44. The van der Waals surface area contributed by atoms with Crippen LogP contribution in [-0.2, 0) is 31.8 Å². The standard InChI is InChI=1S/C34H28F3N3O8S2/c1-4-48-32(44)17-9-12-19(13-10-17)40-29(42)26-25(18-11-14-22(46-2)23(15-18)47-3)28-31(49-27(26)30(40)43)39(33(45)50-28)16-24(41)38-21-8-6-5-7-20(21)34(35,36)37/h5-15,25-27H,4,16H2,1-3H3,(H,38,41). The van der Waals surface area contributed by atoms with Crippen molar-refractivity contribution < 1.29 is 46.6 Å². The van der Waals surface area contributed by atoms with E-state index in [1.165, 1.54) is 50.6 Å². The lowest BCUT2D eigenvalue weighted by molar-refractivity contribution is -0.137. The largest absolute Gasteiger partial charge is 0.493 e. The van der Waals surface area contributed by atoms with Crippen LogP contribution in [-0.4, -0.2) is 54.3 Å². The van der Waals surface area contributed by atoms with Crippen LogP contribution in [0, 0.1) is 5.92 Å². The number of benzene rings is 3. The van der Waals surface area contributed by atoms with Gasteiger partial charge in [-0.15, -0.1) is 0 Å². The second-order valence-corrected chi connectivity index (χ2v) is 13.3. The molecule has 3 unspecified atom stereocenters. The molecule has 1 saturated heterocycles. The van der Waals surface area contributed by atoms with Gasteiger partial charge in [0.05, 0.1) is 54.3 Å². The molecular weight excluding hydrogens is 700 g/mol. The number of imide groups is 1. The lowest BCUT2D eigenvalue weighted by atomic mass is 9.83. The Morgan fingerprint density at radius 3 is 2.28 bits per heavy atom. The van der Waals surface area contributed by atoms with Gasteiger partial charge in [-0.05, 0) is 61.0 Å². The molecule has 0 spiro atoms. The number of nitrogens with zero attached hydrogens (tertiary/aromatic N) is 2. The minimum absolute atomic E-state index is 0.166. The van der Waals surface area contributed by atoms with E-state index in [4.69, 9.17) is 14.2 Å². The van der Waals surface area contributed by atoms with Crippen LogP contribution >= 0.6 is 23.1 Å². The van der Waals surface area contributed by atoms with Gasteiger partial charge in [0.1, 0.15) is 11.8 Å². The summed E-state index contributed by atoms with van der Waals surface area (Å²) in [5.74, 6) is -3.72. The van der Waals surface area contributed by atoms with Crippen molar-refractivity contribution in [3.8, 4) is 11.5 Å². The fourth-order valence-electron chi connectivity index (χ4n) is 6.05. The van der Waals surface area contributed by atoms with Crippen molar-refractivity contribution in [3.05, 3.63) is 98.0 Å². The molecule has 260 valence electrons. The Bertz CT molecular complexity index is 2060. The van der Waals surface area contributed by atoms with Gasteiger partial charge < -0.3 is 19.5 Å². The van der Waals surface area contributed by atoms with Gasteiger partial charge in [-0.3, -0.25) is 23.7 Å².